The number of aliphatic imine (C=N–C) groups is 1. The molecule has 0 saturated carbocycles. The topological polar surface area (TPSA) is 75.4 Å². The summed E-state index contributed by atoms with van der Waals surface area (Å²) in [6.07, 6.45) is 4.89. The first-order valence-electron chi connectivity index (χ1n) is 10.1. The molecule has 2 aliphatic rings. The molecule has 2 aliphatic heterocycles. The first-order chi connectivity index (χ1) is 13.3. The van der Waals surface area contributed by atoms with Crippen LogP contribution in [0.1, 0.15) is 25.0 Å². The van der Waals surface area contributed by atoms with Crippen LogP contribution in [0, 0.1) is 5.92 Å². The van der Waals surface area contributed by atoms with Gasteiger partial charge in [-0.05, 0) is 25.2 Å². The maximum Gasteiger partial charge on any atom is 0.193 e. The Morgan fingerprint density at radius 3 is 2.81 bits per heavy atom. The van der Waals surface area contributed by atoms with Gasteiger partial charge in [-0.15, -0.1) is 0 Å². The summed E-state index contributed by atoms with van der Waals surface area (Å²) in [6.45, 7) is 9.12. The second-order valence-corrected chi connectivity index (χ2v) is 7.21. The van der Waals surface area contributed by atoms with Crippen LogP contribution in [0.25, 0.3) is 0 Å². The molecule has 0 bridgehead atoms. The fourth-order valence-corrected chi connectivity index (χ4v) is 3.54. The summed E-state index contributed by atoms with van der Waals surface area (Å²) >= 11 is 0. The molecule has 2 saturated heterocycles. The predicted octanol–water partition coefficient (Wildman–Crippen LogP) is 1.20. The molecule has 152 valence electrons. The third-order valence-electron chi connectivity index (χ3n) is 5.20. The van der Waals surface area contributed by atoms with Crippen molar-refractivity contribution in [2.24, 2.45) is 10.9 Å². The maximum atomic E-state index is 5.83. The monoisotopic (exact) mass is 379 g/mol. The Bertz CT molecular complexity index is 538. The van der Waals surface area contributed by atoms with E-state index in [1.54, 1.807) is 6.26 Å². The van der Waals surface area contributed by atoms with Crippen LogP contribution >= 0.6 is 0 Å². The molecule has 8 heteroatoms. The third-order valence-corrected chi connectivity index (χ3v) is 5.20. The zero-order chi connectivity index (χ0) is 18.7. The van der Waals surface area contributed by atoms with E-state index in [-0.39, 0.29) is 0 Å². The summed E-state index contributed by atoms with van der Waals surface area (Å²) in [5.41, 5.74) is 0.992. The highest BCUT2D eigenvalue weighted by molar-refractivity contribution is 5.79. The lowest BCUT2D eigenvalue weighted by atomic mass is 10.0. The molecule has 1 N–H and O–H groups in total. The van der Waals surface area contributed by atoms with Crippen LogP contribution in [0.2, 0.25) is 0 Å². The number of ether oxygens (including phenoxy) is 2. The largest absolute Gasteiger partial charge is 0.381 e. The number of hydrogen-bond acceptors (Lipinski definition) is 6. The van der Waals surface area contributed by atoms with Crippen molar-refractivity contribution in [1.82, 2.24) is 20.3 Å². The van der Waals surface area contributed by atoms with Crippen molar-refractivity contribution < 1.29 is 14.0 Å². The molecule has 0 aromatic carbocycles. The van der Waals surface area contributed by atoms with Gasteiger partial charge in [-0.25, -0.2) is 0 Å². The second-order valence-electron chi connectivity index (χ2n) is 7.21. The van der Waals surface area contributed by atoms with Crippen LogP contribution < -0.4 is 5.32 Å². The maximum absolute atomic E-state index is 5.83. The number of rotatable bonds is 8. The average molecular weight is 380 g/mol. The van der Waals surface area contributed by atoms with Crippen LogP contribution in [0.4, 0.5) is 0 Å². The number of hydrogen-bond donors (Lipinski definition) is 1. The molecule has 0 unspecified atom stereocenters. The van der Waals surface area contributed by atoms with Crippen molar-refractivity contribution in [2.75, 3.05) is 66.2 Å². The molecular formula is C19H33N5O3. The Morgan fingerprint density at radius 1 is 1.30 bits per heavy atom. The van der Waals surface area contributed by atoms with Crippen molar-refractivity contribution in [3.05, 3.63) is 18.0 Å². The summed E-state index contributed by atoms with van der Waals surface area (Å²) in [5, 5.41) is 7.46. The fourth-order valence-electron chi connectivity index (χ4n) is 3.54. The van der Waals surface area contributed by atoms with Gasteiger partial charge in [0, 0.05) is 78.8 Å². The molecule has 3 rings (SSSR count). The van der Waals surface area contributed by atoms with Gasteiger partial charge in [0.1, 0.15) is 6.26 Å². The van der Waals surface area contributed by atoms with Crippen molar-refractivity contribution in [3.63, 3.8) is 0 Å². The molecule has 8 nitrogen and oxygen atoms in total. The standard InChI is InChI=1S/C19H33N5O3/c1-20-19(21-6-2-11-26-16-17-3-12-25-13-4-17)24-9-7-23(8-10-24)15-18-5-14-27-22-18/h5,14,17H,2-4,6-13,15-16H2,1H3,(H,20,21). The number of guanidine groups is 1. The minimum atomic E-state index is 0.674. The van der Waals surface area contributed by atoms with Gasteiger partial charge < -0.3 is 24.2 Å². The van der Waals surface area contributed by atoms with Crippen molar-refractivity contribution in [3.8, 4) is 0 Å². The second kappa shape index (κ2) is 11.3. The molecule has 27 heavy (non-hydrogen) atoms. The Balaban J connectivity index is 1.26. The normalized spacial score (nSPS) is 20.2. The van der Waals surface area contributed by atoms with Gasteiger partial charge in [0.15, 0.2) is 5.96 Å². The van der Waals surface area contributed by atoms with Crippen LogP contribution in [0.3, 0.4) is 0 Å². The summed E-state index contributed by atoms with van der Waals surface area (Å²) < 4.78 is 16.1. The van der Waals surface area contributed by atoms with Gasteiger partial charge in [0.05, 0.1) is 5.69 Å². The highest BCUT2D eigenvalue weighted by atomic mass is 16.5. The van der Waals surface area contributed by atoms with Gasteiger partial charge in [0.25, 0.3) is 0 Å². The molecule has 0 aliphatic carbocycles. The molecule has 0 amide bonds. The highest BCUT2D eigenvalue weighted by Crippen LogP contribution is 2.14. The van der Waals surface area contributed by atoms with E-state index in [4.69, 9.17) is 14.0 Å². The Hall–Kier alpha value is -1.64. The minimum Gasteiger partial charge on any atom is -0.381 e. The van der Waals surface area contributed by atoms with E-state index >= 15 is 0 Å². The Kier molecular flexibility index (Phi) is 8.38. The van der Waals surface area contributed by atoms with E-state index in [0.717, 1.165) is 96.6 Å². The van der Waals surface area contributed by atoms with E-state index in [9.17, 15) is 0 Å². The van der Waals surface area contributed by atoms with Crippen LogP contribution in [0.5, 0.6) is 0 Å². The Labute approximate surface area is 161 Å². The molecule has 0 spiro atoms. The third kappa shape index (κ3) is 6.79. The van der Waals surface area contributed by atoms with Gasteiger partial charge in [-0.3, -0.25) is 9.89 Å². The lowest BCUT2D eigenvalue weighted by molar-refractivity contribution is 0.0203. The fraction of sp³-hybridized carbons (Fsp3) is 0.789. The first-order valence-corrected chi connectivity index (χ1v) is 10.1. The number of piperazine rings is 1. The van der Waals surface area contributed by atoms with Crippen molar-refractivity contribution >= 4 is 5.96 Å². The van der Waals surface area contributed by atoms with E-state index < -0.39 is 0 Å². The smallest absolute Gasteiger partial charge is 0.193 e. The summed E-state index contributed by atoms with van der Waals surface area (Å²) in [6, 6.07) is 1.93. The van der Waals surface area contributed by atoms with E-state index in [1.165, 1.54) is 0 Å². The molecule has 0 atom stereocenters. The Morgan fingerprint density at radius 2 is 2.11 bits per heavy atom. The molecule has 0 radical (unpaired) electrons. The van der Waals surface area contributed by atoms with Crippen LogP contribution in [0.15, 0.2) is 21.8 Å². The van der Waals surface area contributed by atoms with Crippen molar-refractivity contribution in [2.45, 2.75) is 25.8 Å². The average Bonchev–Trinajstić information content (AvgIpc) is 3.22. The van der Waals surface area contributed by atoms with Crippen molar-refractivity contribution in [1.29, 1.82) is 0 Å². The van der Waals surface area contributed by atoms with Gasteiger partial charge in [0.2, 0.25) is 0 Å². The molecular weight excluding hydrogens is 346 g/mol. The minimum absolute atomic E-state index is 0.674. The van der Waals surface area contributed by atoms with E-state index in [2.05, 4.69) is 25.3 Å². The highest BCUT2D eigenvalue weighted by Gasteiger charge is 2.20. The van der Waals surface area contributed by atoms with Gasteiger partial charge in [-0.1, -0.05) is 5.16 Å². The predicted molar refractivity (Wildman–Crippen MR) is 104 cm³/mol. The lowest BCUT2D eigenvalue weighted by Crippen LogP contribution is -2.52. The molecule has 2 fully saturated rings. The van der Waals surface area contributed by atoms with E-state index in [0.29, 0.717) is 5.92 Å². The van der Waals surface area contributed by atoms with Crippen LogP contribution in [-0.2, 0) is 16.0 Å². The van der Waals surface area contributed by atoms with E-state index in [1.807, 2.05) is 13.1 Å². The van der Waals surface area contributed by atoms with Crippen LogP contribution in [-0.4, -0.2) is 87.1 Å². The number of nitrogens with zero attached hydrogens (tertiary/aromatic N) is 4. The molecule has 1 aromatic heterocycles. The number of aromatic nitrogens is 1. The van der Waals surface area contributed by atoms with Gasteiger partial charge >= 0.3 is 0 Å². The van der Waals surface area contributed by atoms with Gasteiger partial charge in [-0.2, -0.15) is 0 Å². The summed E-state index contributed by atoms with van der Waals surface area (Å²) in [4.78, 5) is 9.15. The lowest BCUT2D eigenvalue weighted by Gasteiger charge is -2.36. The molecule has 1 aromatic rings. The summed E-state index contributed by atoms with van der Waals surface area (Å²) in [7, 11) is 1.85. The quantitative estimate of drug-likeness (QED) is 0.413. The summed E-state index contributed by atoms with van der Waals surface area (Å²) in [5.74, 6) is 1.66. The zero-order valence-electron chi connectivity index (χ0n) is 16.4. The zero-order valence-corrected chi connectivity index (χ0v) is 16.4. The SMILES string of the molecule is CN=C(NCCCOCC1CCOCC1)N1CCN(Cc2ccon2)CC1. The molecule has 3 heterocycles. The first kappa shape index (κ1) is 20.1. The number of nitrogens with one attached hydrogen (secondary N) is 1.